The van der Waals surface area contributed by atoms with Crippen LogP contribution in [0.4, 0.5) is 5.13 Å². The average Bonchev–Trinajstić information content (AvgIpc) is 3.30. The third-order valence-corrected chi connectivity index (χ3v) is 7.22. The molecule has 4 rings (SSSR count). The topological polar surface area (TPSA) is 62.5 Å². The van der Waals surface area contributed by atoms with Crippen molar-refractivity contribution in [2.24, 2.45) is 23.5 Å². The first-order valence-electron chi connectivity index (χ1n) is 8.91. The largest absolute Gasteiger partial charge is 0.345 e. The summed E-state index contributed by atoms with van der Waals surface area (Å²) in [5, 5.41) is 1.10. The lowest BCUT2D eigenvalue weighted by molar-refractivity contribution is -0.138. The number of carbonyl (C=O) groups is 1. The Balaban J connectivity index is 0.00000113. The molecular formula is C17H28Cl2N4OS. The van der Waals surface area contributed by atoms with Crippen LogP contribution in [0.2, 0.25) is 0 Å². The summed E-state index contributed by atoms with van der Waals surface area (Å²) in [5.41, 5.74) is 6.34. The second kappa shape index (κ2) is 8.42. The summed E-state index contributed by atoms with van der Waals surface area (Å²) in [7, 11) is 0. The van der Waals surface area contributed by atoms with Crippen LogP contribution in [0.15, 0.2) is 6.20 Å². The van der Waals surface area contributed by atoms with Gasteiger partial charge in [0.15, 0.2) is 5.13 Å². The van der Waals surface area contributed by atoms with Gasteiger partial charge in [-0.15, -0.1) is 36.2 Å². The van der Waals surface area contributed by atoms with Crippen molar-refractivity contribution in [3.8, 4) is 0 Å². The van der Waals surface area contributed by atoms with E-state index in [9.17, 15) is 4.79 Å². The molecule has 1 aliphatic heterocycles. The van der Waals surface area contributed by atoms with Gasteiger partial charge in [0.05, 0.1) is 5.92 Å². The van der Waals surface area contributed by atoms with Crippen LogP contribution in [-0.2, 0) is 11.2 Å². The van der Waals surface area contributed by atoms with E-state index in [1.807, 2.05) is 6.20 Å². The van der Waals surface area contributed by atoms with Crippen LogP contribution in [0.25, 0.3) is 0 Å². The number of amides is 1. The molecule has 4 unspecified atom stereocenters. The number of aromatic nitrogens is 1. The maximum Gasteiger partial charge on any atom is 0.227 e. The highest BCUT2D eigenvalue weighted by molar-refractivity contribution is 7.15. The fourth-order valence-electron chi connectivity index (χ4n) is 4.64. The molecule has 0 aromatic carbocycles. The quantitative estimate of drug-likeness (QED) is 0.837. The number of hydrogen-bond acceptors (Lipinski definition) is 5. The van der Waals surface area contributed by atoms with Crippen molar-refractivity contribution in [1.29, 1.82) is 0 Å². The summed E-state index contributed by atoms with van der Waals surface area (Å²) in [5.74, 6) is 1.55. The second-order valence-electron chi connectivity index (χ2n) is 7.21. The zero-order valence-electron chi connectivity index (χ0n) is 14.6. The van der Waals surface area contributed by atoms with E-state index in [1.54, 1.807) is 11.3 Å². The summed E-state index contributed by atoms with van der Waals surface area (Å²) in [6, 6.07) is 0.102. The zero-order chi connectivity index (χ0) is 16.0. The van der Waals surface area contributed by atoms with Crippen molar-refractivity contribution < 1.29 is 4.79 Å². The van der Waals surface area contributed by atoms with Gasteiger partial charge >= 0.3 is 0 Å². The van der Waals surface area contributed by atoms with Gasteiger partial charge in [-0.25, -0.2) is 4.98 Å². The van der Waals surface area contributed by atoms with Crippen molar-refractivity contribution in [2.45, 2.75) is 38.6 Å². The summed E-state index contributed by atoms with van der Waals surface area (Å²) >= 11 is 1.78. The molecule has 8 heteroatoms. The third kappa shape index (κ3) is 3.77. The zero-order valence-corrected chi connectivity index (χ0v) is 17.0. The minimum Gasteiger partial charge on any atom is -0.345 e. The number of nitrogens with two attached hydrogens (primary N) is 1. The summed E-state index contributed by atoms with van der Waals surface area (Å²) in [6.07, 6.45) is 6.63. The smallest absolute Gasteiger partial charge is 0.227 e. The fourth-order valence-corrected chi connectivity index (χ4v) is 5.54. The molecule has 2 aliphatic carbocycles. The van der Waals surface area contributed by atoms with Crippen LogP contribution in [0.1, 0.15) is 31.1 Å². The minimum atomic E-state index is 0. The highest BCUT2D eigenvalue weighted by Gasteiger charge is 2.50. The van der Waals surface area contributed by atoms with Gasteiger partial charge in [-0.05, 0) is 37.5 Å². The van der Waals surface area contributed by atoms with Crippen molar-refractivity contribution in [1.82, 2.24) is 9.88 Å². The lowest BCUT2D eigenvalue weighted by Crippen LogP contribution is -2.53. The molecule has 3 fully saturated rings. The van der Waals surface area contributed by atoms with E-state index in [2.05, 4.69) is 21.7 Å². The fraction of sp³-hybridized carbons (Fsp3) is 0.765. The maximum atomic E-state index is 12.9. The Morgan fingerprint density at radius 3 is 2.48 bits per heavy atom. The molecule has 2 bridgehead atoms. The first kappa shape index (κ1) is 20.7. The van der Waals surface area contributed by atoms with E-state index in [4.69, 9.17) is 5.73 Å². The van der Waals surface area contributed by atoms with Gasteiger partial charge in [0.25, 0.3) is 0 Å². The molecule has 25 heavy (non-hydrogen) atoms. The molecule has 3 aliphatic rings. The Kier molecular flexibility index (Phi) is 6.99. The molecule has 4 atom stereocenters. The van der Waals surface area contributed by atoms with Gasteiger partial charge in [0, 0.05) is 43.3 Å². The number of halogens is 2. The highest BCUT2D eigenvalue weighted by Crippen LogP contribution is 2.48. The van der Waals surface area contributed by atoms with Gasteiger partial charge < -0.3 is 15.5 Å². The van der Waals surface area contributed by atoms with Crippen LogP contribution in [0.5, 0.6) is 0 Å². The first-order valence-corrected chi connectivity index (χ1v) is 9.73. The van der Waals surface area contributed by atoms with Crippen LogP contribution in [0.3, 0.4) is 0 Å². The second-order valence-corrected chi connectivity index (χ2v) is 8.31. The number of rotatable bonds is 3. The summed E-state index contributed by atoms with van der Waals surface area (Å²) < 4.78 is 0. The van der Waals surface area contributed by atoms with E-state index >= 15 is 0 Å². The molecule has 5 nitrogen and oxygen atoms in total. The Labute approximate surface area is 166 Å². The van der Waals surface area contributed by atoms with E-state index in [0.717, 1.165) is 37.7 Å². The molecule has 0 spiro atoms. The predicted molar refractivity (Wildman–Crippen MR) is 107 cm³/mol. The first-order chi connectivity index (χ1) is 11.2. The van der Waals surface area contributed by atoms with Gasteiger partial charge in [-0.2, -0.15) is 0 Å². The van der Waals surface area contributed by atoms with Crippen LogP contribution in [0, 0.1) is 17.8 Å². The predicted octanol–water partition coefficient (Wildman–Crippen LogP) is 2.57. The lowest BCUT2D eigenvalue weighted by atomic mass is 9.84. The monoisotopic (exact) mass is 406 g/mol. The van der Waals surface area contributed by atoms with Gasteiger partial charge in [0.2, 0.25) is 5.91 Å². The molecule has 1 saturated heterocycles. The molecule has 2 saturated carbocycles. The molecular weight excluding hydrogens is 379 g/mol. The number of thiazole rings is 1. The summed E-state index contributed by atoms with van der Waals surface area (Å²) in [4.78, 5) is 23.1. The normalized spacial score (nSPS) is 30.8. The molecule has 1 aromatic heterocycles. The Morgan fingerprint density at radius 2 is 1.92 bits per heavy atom. The van der Waals surface area contributed by atoms with E-state index in [-0.39, 0.29) is 36.8 Å². The molecule has 2 N–H and O–H groups in total. The molecule has 2 heterocycles. The molecule has 142 valence electrons. The Bertz CT molecular complexity index is 589. The van der Waals surface area contributed by atoms with Crippen LogP contribution in [-0.4, -0.2) is 48.0 Å². The van der Waals surface area contributed by atoms with Crippen LogP contribution < -0.4 is 10.6 Å². The Morgan fingerprint density at radius 1 is 1.24 bits per heavy atom. The number of nitrogens with zero attached hydrogens (tertiary/aromatic N) is 3. The minimum absolute atomic E-state index is 0. The van der Waals surface area contributed by atoms with E-state index in [1.165, 1.54) is 24.1 Å². The van der Waals surface area contributed by atoms with Gasteiger partial charge in [-0.3, -0.25) is 4.79 Å². The highest BCUT2D eigenvalue weighted by atomic mass is 35.5. The molecule has 1 aromatic rings. The standard InChI is InChI=1S/C17H26N4OS.2ClH/c1-2-13-10-19-17(23-13)21-7-5-20(6-8-21)16(22)14-11-3-4-12(9-11)15(14)18;;/h10-12,14-15H,2-9,18H2,1H3;2*1H. The number of anilines is 1. The molecule has 0 radical (unpaired) electrons. The number of piperazine rings is 1. The van der Waals surface area contributed by atoms with E-state index < -0.39 is 0 Å². The van der Waals surface area contributed by atoms with E-state index in [0.29, 0.717) is 17.7 Å². The van der Waals surface area contributed by atoms with Gasteiger partial charge in [-0.1, -0.05) is 6.92 Å². The Hall–Kier alpha value is -0.560. The lowest BCUT2D eigenvalue weighted by Gasteiger charge is -2.38. The van der Waals surface area contributed by atoms with Crippen LogP contribution >= 0.6 is 36.2 Å². The van der Waals surface area contributed by atoms with Crippen molar-refractivity contribution in [2.75, 3.05) is 31.1 Å². The number of carbonyl (C=O) groups excluding carboxylic acids is 1. The maximum absolute atomic E-state index is 12.9. The molecule has 1 amide bonds. The van der Waals surface area contributed by atoms with Gasteiger partial charge in [0.1, 0.15) is 0 Å². The van der Waals surface area contributed by atoms with Crippen molar-refractivity contribution >= 4 is 47.2 Å². The number of hydrogen-bond donors (Lipinski definition) is 1. The van der Waals surface area contributed by atoms with Crippen molar-refractivity contribution in [3.05, 3.63) is 11.1 Å². The number of aryl methyl sites for hydroxylation is 1. The number of fused-ring (bicyclic) bond motifs is 2. The summed E-state index contributed by atoms with van der Waals surface area (Å²) in [6.45, 7) is 5.55. The SMILES string of the molecule is CCc1cnc(N2CCN(C(=O)C3C4CCC(C4)C3N)CC2)s1.Cl.Cl. The third-order valence-electron chi connectivity index (χ3n) is 6.02. The van der Waals surface area contributed by atoms with Crippen molar-refractivity contribution in [3.63, 3.8) is 0 Å². The average molecular weight is 407 g/mol.